The number of nitrogens with zero attached hydrogens (tertiary/aromatic N) is 3. The molecule has 0 unspecified atom stereocenters. The number of fused-ring (bicyclic) bond motifs is 1. The van der Waals surface area contributed by atoms with E-state index in [4.69, 9.17) is 4.74 Å². The van der Waals surface area contributed by atoms with Gasteiger partial charge in [-0.1, -0.05) is 0 Å². The molecular weight excluding hydrogens is 406 g/mol. The lowest BCUT2D eigenvalue weighted by Gasteiger charge is -2.27. The van der Waals surface area contributed by atoms with Crippen molar-refractivity contribution in [1.82, 2.24) is 9.21 Å². The number of hydrogen-bond donors (Lipinski definition) is 0. The van der Waals surface area contributed by atoms with Crippen LogP contribution in [0.3, 0.4) is 0 Å². The predicted molar refractivity (Wildman–Crippen MR) is 112 cm³/mol. The first-order chi connectivity index (χ1) is 14.5. The van der Waals surface area contributed by atoms with Gasteiger partial charge >= 0.3 is 0 Å². The molecule has 3 aliphatic rings. The van der Waals surface area contributed by atoms with E-state index < -0.39 is 10.0 Å². The Labute approximate surface area is 177 Å². The molecule has 0 N–H and O–H groups in total. The summed E-state index contributed by atoms with van der Waals surface area (Å²) >= 11 is 0. The number of morpholine rings is 1. The number of sulfonamides is 1. The Morgan fingerprint density at radius 2 is 1.60 bits per heavy atom. The number of anilines is 1. The number of carbonyl (C=O) groups is 2. The van der Waals surface area contributed by atoms with Crippen LogP contribution in [0.15, 0.2) is 23.1 Å². The van der Waals surface area contributed by atoms with Crippen molar-refractivity contribution in [1.29, 1.82) is 0 Å². The van der Waals surface area contributed by atoms with Crippen LogP contribution < -0.4 is 4.90 Å². The standard InChI is InChI=1S/C21H29N3O5S/c25-20(22-9-2-1-3-10-22)6-7-21(26)24-11-8-17-16-18(4-5-19(17)24)30(27,28)23-12-14-29-15-13-23/h4-5,16H,1-3,6-15H2. The van der Waals surface area contributed by atoms with Gasteiger partial charge in [-0.15, -0.1) is 0 Å². The highest BCUT2D eigenvalue weighted by Gasteiger charge is 2.30. The fraction of sp³-hybridized carbons (Fsp3) is 0.619. The van der Waals surface area contributed by atoms with Crippen LogP contribution in [0.1, 0.15) is 37.7 Å². The summed E-state index contributed by atoms with van der Waals surface area (Å²) in [4.78, 5) is 28.9. The maximum absolute atomic E-state index is 12.9. The number of hydrogen-bond acceptors (Lipinski definition) is 5. The summed E-state index contributed by atoms with van der Waals surface area (Å²) in [5.41, 5.74) is 1.62. The van der Waals surface area contributed by atoms with E-state index in [1.54, 1.807) is 23.1 Å². The number of carbonyl (C=O) groups excluding carboxylic acids is 2. The van der Waals surface area contributed by atoms with E-state index in [0.29, 0.717) is 39.3 Å². The monoisotopic (exact) mass is 435 g/mol. The van der Waals surface area contributed by atoms with Crippen molar-refractivity contribution in [2.24, 2.45) is 0 Å². The first kappa shape index (κ1) is 21.3. The molecule has 2 saturated heterocycles. The molecule has 0 radical (unpaired) electrons. The highest BCUT2D eigenvalue weighted by molar-refractivity contribution is 7.89. The van der Waals surface area contributed by atoms with Crippen molar-refractivity contribution in [2.45, 2.75) is 43.4 Å². The Bertz CT molecular complexity index is 905. The summed E-state index contributed by atoms with van der Waals surface area (Å²) in [6.45, 7) is 3.63. The molecule has 0 bridgehead atoms. The zero-order valence-electron chi connectivity index (χ0n) is 17.2. The Balaban J connectivity index is 1.40. The molecule has 3 aliphatic heterocycles. The maximum atomic E-state index is 12.9. The molecule has 0 atom stereocenters. The van der Waals surface area contributed by atoms with E-state index in [-0.39, 0.29) is 29.6 Å². The molecule has 8 nitrogen and oxygen atoms in total. The minimum absolute atomic E-state index is 0.0504. The minimum atomic E-state index is -3.56. The Kier molecular flexibility index (Phi) is 6.40. The summed E-state index contributed by atoms with van der Waals surface area (Å²) in [7, 11) is -3.56. The van der Waals surface area contributed by atoms with Crippen molar-refractivity contribution in [3.05, 3.63) is 23.8 Å². The summed E-state index contributed by atoms with van der Waals surface area (Å²) in [5.74, 6) is -0.0303. The molecule has 0 aliphatic carbocycles. The highest BCUT2D eigenvalue weighted by Crippen LogP contribution is 2.32. The molecule has 164 valence electrons. The number of likely N-dealkylation sites (tertiary alicyclic amines) is 1. The van der Waals surface area contributed by atoms with Crippen molar-refractivity contribution in [2.75, 3.05) is 50.8 Å². The minimum Gasteiger partial charge on any atom is -0.379 e. The highest BCUT2D eigenvalue weighted by atomic mass is 32.2. The molecule has 30 heavy (non-hydrogen) atoms. The summed E-state index contributed by atoms with van der Waals surface area (Å²) in [6, 6.07) is 4.99. The van der Waals surface area contributed by atoms with Crippen LogP contribution in [0.2, 0.25) is 0 Å². The number of benzene rings is 1. The Hall–Kier alpha value is -1.97. The third-order valence-corrected chi connectivity index (χ3v) is 8.01. The molecular formula is C21H29N3O5S. The molecule has 0 aromatic heterocycles. The number of amides is 2. The SMILES string of the molecule is O=C(CCC(=O)N1CCc2cc(S(=O)(=O)N3CCOCC3)ccc21)N1CCCCC1. The third-order valence-electron chi connectivity index (χ3n) is 6.12. The van der Waals surface area contributed by atoms with Gasteiger partial charge in [-0.2, -0.15) is 4.31 Å². The molecule has 3 heterocycles. The van der Waals surface area contributed by atoms with E-state index in [0.717, 1.165) is 43.6 Å². The van der Waals surface area contributed by atoms with Gasteiger partial charge in [-0.3, -0.25) is 9.59 Å². The zero-order valence-corrected chi connectivity index (χ0v) is 18.0. The topological polar surface area (TPSA) is 87.2 Å². The van der Waals surface area contributed by atoms with Crippen LogP contribution in [-0.2, 0) is 30.8 Å². The molecule has 0 saturated carbocycles. The van der Waals surface area contributed by atoms with Gasteiger partial charge in [0, 0.05) is 51.3 Å². The molecule has 1 aromatic rings. The van der Waals surface area contributed by atoms with Gasteiger partial charge < -0.3 is 14.5 Å². The number of piperidine rings is 1. The first-order valence-electron chi connectivity index (χ1n) is 10.8. The predicted octanol–water partition coefficient (Wildman–Crippen LogP) is 1.39. The van der Waals surface area contributed by atoms with Crippen LogP contribution >= 0.6 is 0 Å². The third kappa shape index (κ3) is 4.38. The van der Waals surface area contributed by atoms with Gasteiger partial charge in [-0.25, -0.2) is 8.42 Å². The van der Waals surface area contributed by atoms with Gasteiger partial charge in [0.05, 0.1) is 18.1 Å². The van der Waals surface area contributed by atoms with E-state index in [1.165, 1.54) is 4.31 Å². The van der Waals surface area contributed by atoms with E-state index in [9.17, 15) is 18.0 Å². The average Bonchev–Trinajstić information content (AvgIpc) is 3.22. The Morgan fingerprint density at radius 3 is 2.33 bits per heavy atom. The lowest BCUT2D eigenvalue weighted by Crippen LogP contribution is -2.40. The second-order valence-electron chi connectivity index (χ2n) is 8.04. The zero-order chi connectivity index (χ0) is 21.1. The van der Waals surface area contributed by atoms with Crippen molar-refractivity contribution >= 4 is 27.5 Å². The number of ether oxygens (including phenoxy) is 1. The van der Waals surface area contributed by atoms with Crippen LogP contribution in [0.5, 0.6) is 0 Å². The van der Waals surface area contributed by atoms with E-state index >= 15 is 0 Å². The quantitative estimate of drug-likeness (QED) is 0.698. The molecule has 0 spiro atoms. The second-order valence-corrected chi connectivity index (χ2v) is 9.98. The Morgan fingerprint density at radius 1 is 0.900 bits per heavy atom. The largest absolute Gasteiger partial charge is 0.379 e. The van der Waals surface area contributed by atoms with Crippen LogP contribution in [0.25, 0.3) is 0 Å². The van der Waals surface area contributed by atoms with Gasteiger partial charge in [0.1, 0.15) is 0 Å². The second kappa shape index (κ2) is 9.03. The normalized spacial score (nSPS) is 20.3. The number of rotatable bonds is 5. The first-order valence-corrected chi connectivity index (χ1v) is 12.2. The summed E-state index contributed by atoms with van der Waals surface area (Å²) < 4.78 is 32.4. The molecule has 4 rings (SSSR count). The van der Waals surface area contributed by atoms with Crippen molar-refractivity contribution in [3.8, 4) is 0 Å². The van der Waals surface area contributed by atoms with Gasteiger partial charge in [0.25, 0.3) is 0 Å². The van der Waals surface area contributed by atoms with E-state index in [2.05, 4.69) is 0 Å². The summed E-state index contributed by atoms with van der Waals surface area (Å²) in [6.07, 6.45) is 4.27. The van der Waals surface area contributed by atoms with E-state index in [1.807, 2.05) is 4.90 Å². The molecule has 9 heteroatoms. The van der Waals surface area contributed by atoms with Gasteiger partial charge in [-0.05, 0) is 49.4 Å². The van der Waals surface area contributed by atoms with Crippen LogP contribution in [0, 0.1) is 0 Å². The van der Waals surface area contributed by atoms with Gasteiger partial charge in [0.2, 0.25) is 21.8 Å². The molecule has 1 aromatic carbocycles. The molecule has 2 amide bonds. The van der Waals surface area contributed by atoms with Crippen LogP contribution in [0.4, 0.5) is 5.69 Å². The molecule has 2 fully saturated rings. The van der Waals surface area contributed by atoms with Crippen LogP contribution in [-0.4, -0.2) is 75.4 Å². The van der Waals surface area contributed by atoms with Gasteiger partial charge in [0.15, 0.2) is 0 Å². The lowest BCUT2D eigenvalue weighted by molar-refractivity contribution is -0.133. The van der Waals surface area contributed by atoms with Crippen molar-refractivity contribution in [3.63, 3.8) is 0 Å². The van der Waals surface area contributed by atoms with Crippen molar-refractivity contribution < 1.29 is 22.7 Å². The lowest BCUT2D eigenvalue weighted by atomic mass is 10.1. The maximum Gasteiger partial charge on any atom is 0.243 e. The average molecular weight is 436 g/mol. The summed E-state index contributed by atoms with van der Waals surface area (Å²) in [5, 5.41) is 0. The smallest absolute Gasteiger partial charge is 0.243 e. The fourth-order valence-corrected chi connectivity index (χ4v) is 5.84. The fourth-order valence-electron chi connectivity index (χ4n) is 4.38.